The molecule has 0 atom stereocenters. The fourth-order valence-corrected chi connectivity index (χ4v) is 20.6. The van der Waals surface area contributed by atoms with Gasteiger partial charge in [-0.1, -0.05) is 0 Å². The third kappa shape index (κ3) is 15.5. The van der Waals surface area contributed by atoms with Crippen molar-refractivity contribution in [1.82, 2.24) is 0 Å². The summed E-state index contributed by atoms with van der Waals surface area (Å²) in [4.78, 5) is 0. The van der Waals surface area contributed by atoms with Crippen LogP contribution >= 0.6 is 0 Å². The molecule has 0 aliphatic carbocycles. The maximum absolute atomic E-state index is 2.40. The topological polar surface area (TPSA) is 0 Å². The molecule has 0 amide bonds. The summed E-state index contributed by atoms with van der Waals surface area (Å²) in [5, 5.41) is 0. The Labute approximate surface area is 166 Å². The van der Waals surface area contributed by atoms with Gasteiger partial charge in [-0.3, -0.25) is 0 Å². The first kappa shape index (κ1) is 25.8. The van der Waals surface area contributed by atoms with Crippen LogP contribution in [-0.4, -0.2) is 18.4 Å². The second-order valence-corrected chi connectivity index (χ2v) is 24.0. The summed E-state index contributed by atoms with van der Waals surface area (Å²) in [6, 6.07) is 0. The van der Waals surface area contributed by atoms with Crippen LogP contribution in [0.5, 0.6) is 0 Å². The zero-order chi connectivity index (χ0) is 19.0. The average molecular weight is 459 g/mol. The molecule has 0 aromatic heterocycles. The summed E-state index contributed by atoms with van der Waals surface area (Å²) in [5.41, 5.74) is 0. The summed E-state index contributed by atoms with van der Waals surface area (Å²) >= 11 is -1.85. The Morgan fingerprint density at radius 1 is 0.480 bits per heavy atom. The molecule has 0 heterocycles. The van der Waals surface area contributed by atoms with Crippen LogP contribution < -0.4 is 0 Å². The fraction of sp³-hybridized carbons (Fsp3) is 1.00. The van der Waals surface area contributed by atoms with Gasteiger partial charge in [0.05, 0.1) is 0 Å². The van der Waals surface area contributed by atoms with E-state index in [4.69, 9.17) is 0 Å². The first-order valence-electron chi connectivity index (χ1n) is 12.0. The zero-order valence-corrected chi connectivity index (χ0v) is 21.8. The molecule has 1 heteroatoms. The van der Waals surface area contributed by atoms with E-state index >= 15 is 0 Å². The predicted molar refractivity (Wildman–Crippen MR) is 121 cm³/mol. The molecule has 0 spiro atoms. The van der Waals surface area contributed by atoms with Crippen molar-refractivity contribution < 1.29 is 0 Å². The standard InChI is InChI=1S/2C8H17.2C4H9.Sn/c2*1-4-5-6-7-8(2)3;2*1-3-4-2;/h2*8H,1,4-7H2,2-3H3;2*1,3-4H2,2H3;. The van der Waals surface area contributed by atoms with E-state index in [1.807, 2.05) is 0 Å². The predicted octanol–water partition coefficient (Wildman–Crippen LogP) is 9.47. The van der Waals surface area contributed by atoms with E-state index in [-0.39, 0.29) is 0 Å². The Bertz CT molecular complexity index is 241. The average Bonchev–Trinajstić information content (AvgIpc) is 2.56. The van der Waals surface area contributed by atoms with Gasteiger partial charge in [0.2, 0.25) is 0 Å². The number of rotatable bonds is 18. The Hall–Kier alpha value is 0.799. The van der Waals surface area contributed by atoms with E-state index in [2.05, 4.69) is 41.5 Å². The van der Waals surface area contributed by atoms with Crippen molar-refractivity contribution >= 4 is 18.4 Å². The summed E-state index contributed by atoms with van der Waals surface area (Å²) in [7, 11) is 0. The number of hydrogen-bond acceptors (Lipinski definition) is 0. The van der Waals surface area contributed by atoms with Crippen molar-refractivity contribution in [2.24, 2.45) is 11.8 Å². The van der Waals surface area contributed by atoms with Gasteiger partial charge < -0.3 is 0 Å². The van der Waals surface area contributed by atoms with Gasteiger partial charge in [0.1, 0.15) is 0 Å². The van der Waals surface area contributed by atoms with Crippen LogP contribution in [0.4, 0.5) is 0 Å². The molecular weight excluding hydrogens is 407 g/mol. The Balaban J connectivity index is 4.45. The first-order valence-corrected chi connectivity index (χ1v) is 20.0. The molecule has 0 nitrogen and oxygen atoms in total. The summed E-state index contributed by atoms with van der Waals surface area (Å²) in [6.45, 7) is 14.3. The van der Waals surface area contributed by atoms with E-state index in [0.717, 1.165) is 11.8 Å². The molecule has 0 aliphatic rings. The van der Waals surface area contributed by atoms with Crippen LogP contribution in [0.1, 0.15) is 119 Å². The molecule has 0 saturated heterocycles. The van der Waals surface area contributed by atoms with Crippen molar-refractivity contribution in [1.29, 1.82) is 0 Å². The van der Waals surface area contributed by atoms with E-state index in [9.17, 15) is 0 Å². The van der Waals surface area contributed by atoms with E-state index in [1.165, 1.54) is 64.2 Å². The summed E-state index contributed by atoms with van der Waals surface area (Å²) in [6.07, 6.45) is 18.0. The molecule has 0 saturated carbocycles. The number of unbranched alkanes of at least 4 members (excludes halogenated alkanes) is 6. The van der Waals surface area contributed by atoms with Crippen LogP contribution in [0.2, 0.25) is 17.7 Å². The van der Waals surface area contributed by atoms with Gasteiger partial charge >= 0.3 is 167 Å². The molecule has 0 bridgehead atoms. The number of hydrogen-bond donors (Lipinski definition) is 0. The summed E-state index contributed by atoms with van der Waals surface area (Å²) in [5.74, 6) is 1.80. The van der Waals surface area contributed by atoms with Crippen LogP contribution in [0.15, 0.2) is 0 Å². The zero-order valence-electron chi connectivity index (χ0n) is 19.0. The second-order valence-electron chi connectivity index (χ2n) is 9.69. The van der Waals surface area contributed by atoms with E-state index in [1.54, 1.807) is 30.6 Å². The minimum absolute atomic E-state index is 0.898. The maximum atomic E-state index is 2.40. The van der Waals surface area contributed by atoms with Gasteiger partial charge in [-0.05, 0) is 0 Å². The van der Waals surface area contributed by atoms with Crippen molar-refractivity contribution in [3.63, 3.8) is 0 Å². The van der Waals surface area contributed by atoms with Gasteiger partial charge in [-0.25, -0.2) is 0 Å². The molecule has 0 rings (SSSR count). The van der Waals surface area contributed by atoms with E-state index < -0.39 is 18.4 Å². The van der Waals surface area contributed by atoms with Crippen LogP contribution in [0, 0.1) is 11.8 Å². The van der Waals surface area contributed by atoms with Gasteiger partial charge in [-0.2, -0.15) is 0 Å². The van der Waals surface area contributed by atoms with E-state index in [0.29, 0.717) is 0 Å². The van der Waals surface area contributed by atoms with Crippen molar-refractivity contribution in [3.8, 4) is 0 Å². The van der Waals surface area contributed by atoms with Gasteiger partial charge in [0.15, 0.2) is 0 Å². The molecule has 0 N–H and O–H groups in total. The Morgan fingerprint density at radius 3 is 1.16 bits per heavy atom. The molecule has 0 aliphatic heterocycles. The first-order chi connectivity index (χ1) is 12.0. The van der Waals surface area contributed by atoms with Gasteiger partial charge in [0.25, 0.3) is 0 Å². The third-order valence-corrected chi connectivity index (χ3v) is 22.2. The molecule has 152 valence electrons. The van der Waals surface area contributed by atoms with Gasteiger partial charge in [-0.15, -0.1) is 0 Å². The fourth-order valence-electron chi connectivity index (χ4n) is 4.31. The normalized spacial score (nSPS) is 12.5. The molecule has 0 aromatic carbocycles. The van der Waals surface area contributed by atoms with Crippen molar-refractivity contribution in [2.45, 2.75) is 136 Å². The molecule has 0 radical (unpaired) electrons. The van der Waals surface area contributed by atoms with Gasteiger partial charge in [0, 0.05) is 0 Å². The molecule has 0 fully saturated rings. The van der Waals surface area contributed by atoms with Crippen LogP contribution in [0.25, 0.3) is 0 Å². The molecular formula is C24H52Sn. The monoisotopic (exact) mass is 460 g/mol. The Kier molecular flexibility index (Phi) is 17.5. The molecule has 0 unspecified atom stereocenters. The molecule has 25 heavy (non-hydrogen) atoms. The Morgan fingerprint density at radius 2 is 0.840 bits per heavy atom. The van der Waals surface area contributed by atoms with Crippen molar-refractivity contribution in [2.75, 3.05) is 0 Å². The third-order valence-electron chi connectivity index (χ3n) is 6.10. The van der Waals surface area contributed by atoms with Crippen LogP contribution in [-0.2, 0) is 0 Å². The minimum atomic E-state index is -1.85. The van der Waals surface area contributed by atoms with Crippen LogP contribution in [0.3, 0.4) is 0 Å². The quantitative estimate of drug-likeness (QED) is 0.141. The van der Waals surface area contributed by atoms with Crippen molar-refractivity contribution in [3.05, 3.63) is 0 Å². The SMILES string of the molecule is CCC[CH2][Sn]([CH2]CCC)([CH2]CCCCC(C)C)[CH2]CCCCC(C)C. The molecule has 0 aromatic rings. The second kappa shape index (κ2) is 16.9. The summed E-state index contributed by atoms with van der Waals surface area (Å²) < 4.78 is 6.85.